The van der Waals surface area contributed by atoms with E-state index >= 15 is 0 Å². The highest BCUT2D eigenvalue weighted by molar-refractivity contribution is 5.81. The molecule has 1 saturated heterocycles. The third-order valence-corrected chi connectivity index (χ3v) is 6.66. The number of rotatable bonds is 11. The summed E-state index contributed by atoms with van der Waals surface area (Å²) in [6, 6.07) is 14.9. The second-order valence-electron chi connectivity index (χ2n) is 9.86. The molecule has 8 heteroatoms. The first-order chi connectivity index (χ1) is 17.3. The van der Waals surface area contributed by atoms with Gasteiger partial charge in [0.05, 0.1) is 12.2 Å². The number of carboxylic acid groups (broad SMARTS) is 1. The zero-order chi connectivity index (χ0) is 25.5. The predicted octanol–water partition coefficient (Wildman–Crippen LogP) is 4.71. The summed E-state index contributed by atoms with van der Waals surface area (Å²) < 4.78 is 22.7. The third-order valence-electron chi connectivity index (χ3n) is 6.66. The minimum Gasteiger partial charge on any atom is -0.480 e. The molecule has 2 atom stereocenters. The quantitative estimate of drug-likeness (QED) is 0.434. The second-order valence-corrected chi connectivity index (χ2v) is 9.86. The molecule has 0 spiro atoms. The maximum atomic E-state index is 12.5. The molecule has 4 rings (SSSR count). The van der Waals surface area contributed by atoms with Gasteiger partial charge in [-0.3, -0.25) is 0 Å². The van der Waals surface area contributed by atoms with Crippen LogP contribution in [-0.4, -0.2) is 61.5 Å². The molecule has 2 aromatic carbocycles. The molecule has 2 aliphatic rings. The van der Waals surface area contributed by atoms with Crippen molar-refractivity contribution in [1.29, 1.82) is 0 Å². The van der Waals surface area contributed by atoms with E-state index in [1.54, 1.807) is 0 Å². The molecule has 1 heterocycles. The molecule has 2 aromatic rings. The number of carboxylic acids is 1. The monoisotopic (exact) mass is 497 g/mol. The Morgan fingerprint density at radius 1 is 1.08 bits per heavy atom. The van der Waals surface area contributed by atoms with Gasteiger partial charge in [-0.05, 0) is 61.8 Å². The Morgan fingerprint density at radius 3 is 2.36 bits per heavy atom. The Kier molecular flexibility index (Phi) is 8.61. The molecule has 0 bridgehead atoms. The fourth-order valence-electron chi connectivity index (χ4n) is 4.70. The lowest BCUT2D eigenvalue weighted by Gasteiger charge is -2.32. The molecule has 1 aliphatic heterocycles. The van der Waals surface area contributed by atoms with Crippen LogP contribution in [0.25, 0.3) is 11.1 Å². The van der Waals surface area contributed by atoms with Gasteiger partial charge in [-0.25, -0.2) is 9.59 Å². The van der Waals surface area contributed by atoms with Crippen molar-refractivity contribution in [2.45, 2.75) is 63.4 Å². The highest BCUT2D eigenvalue weighted by Gasteiger charge is 2.30. The zero-order valence-corrected chi connectivity index (χ0v) is 20.9. The Hall–Kier alpha value is -2.94. The van der Waals surface area contributed by atoms with Crippen molar-refractivity contribution in [1.82, 2.24) is 5.32 Å². The molecular weight excluding hydrogens is 462 g/mol. The first-order valence-electron chi connectivity index (χ1n) is 12.6. The Labute approximate surface area is 211 Å². The molecule has 1 fully saturated rings. The highest BCUT2D eigenvalue weighted by Crippen LogP contribution is 2.44. The van der Waals surface area contributed by atoms with E-state index in [1.807, 2.05) is 50.2 Å². The van der Waals surface area contributed by atoms with E-state index in [4.69, 9.17) is 18.9 Å². The van der Waals surface area contributed by atoms with Crippen molar-refractivity contribution in [3.05, 3.63) is 59.7 Å². The molecule has 1 unspecified atom stereocenters. The number of amides is 1. The molecule has 8 nitrogen and oxygen atoms in total. The third kappa shape index (κ3) is 6.63. The van der Waals surface area contributed by atoms with E-state index in [1.165, 1.54) is 0 Å². The van der Waals surface area contributed by atoms with Gasteiger partial charge in [-0.1, -0.05) is 48.5 Å². The van der Waals surface area contributed by atoms with E-state index in [2.05, 4.69) is 17.4 Å². The number of ether oxygens (including phenoxy) is 4. The summed E-state index contributed by atoms with van der Waals surface area (Å²) in [5, 5.41) is 12.0. The molecule has 0 radical (unpaired) electrons. The number of alkyl carbamates (subject to hydrolysis) is 1. The number of hydrogen-bond acceptors (Lipinski definition) is 6. The topological polar surface area (TPSA) is 103 Å². The van der Waals surface area contributed by atoms with Gasteiger partial charge in [0.15, 0.2) is 12.3 Å². The molecule has 36 heavy (non-hydrogen) atoms. The molecule has 194 valence electrons. The summed E-state index contributed by atoms with van der Waals surface area (Å²) >= 11 is 0. The molecule has 1 aliphatic carbocycles. The zero-order valence-electron chi connectivity index (χ0n) is 20.9. The first kappa shape index (κ1) is 26.1. The van der Waals surface area contributed by atoms with Gasteiger partial charge >= 0.3 is 12.1 Å². The Bertz CT molecular complexity index is 1000. The van der Waals surface area contributed by atoms with Crippen LogP contribution in [0, 0.1) is 0 Å². The number of benzene rings is 2. The fraction of sp³-hybridized carbons (Fsp3) is 0.500. The average molecular weight is 498 g/mol. The molecule has 2 N–H and O–H groups in total. The van der Waals surface area contributed by atoms with Gasteiger partial charge in [0.25, 0.3) is 0 Å². The van der Waals surface area contributed by atoms with Gasteiger partial charge in [-0.15, -0.1) is 0 Å². The maximum absolute atomic E-state index is 12.5. The fourth-order valence-corrected chi connectivity index (χ4v) is 4.70. The van der Waals surface area contributed by atoms with Crippen molar-refractivity contribution in [3.8, 4) is 11.1 Å². The number of aliphatic carboxylic acids is 1. The number of fused-ring (bicyclic) bond motifs is 3. The summed E-state index contributed by atoms with van der Waals surface area (Å²) in [6.07, 6.45) is 2.57. The Balaban J connectivity index is 1.23. The second kappa shape index (κ2) is 11.9. The van der Waals surface area contributed by atoms with Gasteiger partial charge < -0.3 is 29.4 Å². The van der Waals surface area contributed by atoms with Crippen LogP contribution in [0.2, 0.25) is 0 Å². The summed E-state index contributed by atoms with van der Waals surface area (Å²) in [5.41, 5.74) is 3.96. The van der Waals surface area contributed by atoms with E-state index in [0.717, 1.165) is 41.5 Å². The van der Waals surface area contributed by atoms with E-state index < -0.39 is 23.7 Å². The van der Waals surface area contributed by atoms with E-state index in [9.17, 15) is 14.7 Å². The first-order valence-corrected chi connectivity index (χ1v) is 12.6. The van der Waals surface area contributed by atoms with E-state index in [0.29, 0.717) is 13.0 Å². The van der Waals surface area contributed by atoms with Crippen molar-refractivity contribution < 1.29 is 33.6 Å². The summed E-state index contributed by atoms with van der Waals surface area (Å²) in [6.45, 7) is 4.85. The lowest BCUT2D eigenvalue weighted by atomic mass is 9.98. The summed E-state index contributed by atoms with van der Waals surface area (Å²) in [4.78, 5) is 24.2. The normalized spacial score (nSPS) is 18.2. The minimum absolute atomic E-state index is 0.0990. The van der Waals surface area contributed by atoms with Crippen molar-refractivity contribution in [2.24, 2.45) is 0 Å². The van der Waals surface area contributed by atoms with Crippen LogP contribution in [0.1, 0.15) is 56.6 Å². The van der Waals surface area contributed by atoms with Crippen LogP contribution in [0.5, 0.6) is 0 Å². The summed E-state index contributed by atoms with van der Waals surface area (Å²) in [7, 11) is 0. The van der Waals surface area contributed by atoms with Crippen LogP contribution < -0.4 is 5.32 Å². The number of hydrogen-bond donors (Lipinski definition) is 2. The molecule has 0 saturated carbocycles. The molecule has 1 amide bonds. The average Bonchev–Trinajstić information content (AvgIpc) is 3.18. The van der Waals surface area contributed by atoms with Crippen molar-refractivity contribution in [3.63, 3.8) is 0 Å². The lowest BCUT2D eigenvalue weighted by Crippen LogP contribution is -2.44. The van der Waals surface area contributed by atoms with Crippen molar-refractivity contribution in [2.75, 3.05) is 26.4 Å². The van der Waals surface area contributed by atoms with E-state index in [-0.39, 0.29) is 32.0 Å². The number of carbonyl (C=O) groups excluding carboxylic acids is 1. The van der Waals surface area contributed by atoms with Crippen LogP contribution in [0.3, 0.4) is 0 Å². The van der Waals surface area contributed by atoms with Gasteiger partial charge in [0.1, 0.15) is 6.61 Å². The largest absolute Gasteiger partial charge is 0.480 e. The summed E-state index contributed by atoms with van der Waals surface area (Å²) in [5.74, 6) is -1.28. The minimum atomic E-state index is -1.22. The van der Waals surface area contributed by atoms with Crippen molar-refractivity contribution >= 4 is 12.1 Å². The van der Waals surface area contributed by atoms with Gasteiger partial charge in [0, 0.05) is 19.1 Å². The lowest BCUT2D eigenvalue weighted by molar-refractivity contribution is -0.219. The van der Waals surface area contributed by atoms with Gasteiger partial charge in [-0.2, -0.15) is 0 Å². The van der Waals surface area contributed by atoms with Crippen LogP contribution in [0.15, 0.2) is 48.5 Å². The van der Waals surface area contributed by atoms with Crippen LogP contribution >= 0.6 is 0 Å². The molecular formula is C28H35NO7. The van der Waals surface area contributed by atoms with Gasteiger partial charge in [0.2, 0.25) is 0 Å². The SMILES string of the molecule is CC(C)(CCOC[C@H](NC(=O)OCC1c2ccccc2-c2ccccc21)C(=O)O)OC1CCCCO1. The standard InChI is InChI=1S/C28H35NO7/c1-28(2,36-25-13-7-8-15-34-25)14-16-33-18-24(26(30)31)29-27(32)35-17-23-21-11-5-3-9-19(21)20-10-4-6-12-22(20)23/h3-6,9-12,23-25H,7-8,13-18H2,1-2H3,(H,29,32)(H,30,31)/t24-,25?/m0/s1. The predicted molar refractivity (Wildman–Crippen MR) is 134 cm³/mol. The van der Waals surface area contributed by atoms with Crippen LogP contribution in [0.4, 0.5) is 4.79 Å². The highest BCUT2D eigenvalue weighted by atomic mass is 16.7. The maximum Gasteiger partial charge on any atom is 0.407 e. The number of carbonyl (C=O) groups is 2. The van der Waals surface area contributed by atoms with Crippen LogP contribution in [-0.2, 0) is 23.7 Å². The molecule has 0 aromatic heterocycles. The number of nitrogens with one attached hydrogen (secondary N) is 1. The Morgan fingerprint density at radius 2 is 1.75 bits per heavy atom. The smallest absolute Gasteiger partial charge is 0.407 e.